The van der Waals surface area contributed by atoms with Crippen molar-refractivity contribution in [2.24, 2.45) is 5.92 Å². The second-order valence-electron chi connectivity index (χ2n) is 7.08. The number of hydrogen-bond donors (Lipinski definition) is 1. The summed E-state index contributed by atoms with van der Waals surface area (Å²) in [5.41, 5.74) is 1.59. The molecule has 0 saturated carbocycles. The van der Waals surface area contributed by atoms with Crippen LogP contribution in [0.25, 0.3) is 11.3 Å². The maximum absolute atomic E-state index is 12.9. The van der Waals surface area contributed by atoms with E-state index in [1.54, 1.807) is 12.4 Å². The molecule has 1 amide bonds. The molecule has 1 N–H and O–H groups in total. The van der Waals surface area contributed by atoms with Gasteiger partial charge in [0, 0.05) is 36.6 Å². The predicted octanol–water partition coefficient (Wildman–Crippen LogP) is 2.76. The summed E-state index contributed by atoms with van der Waals surface area (Å²) >= 11 is 1.26. The predicted molar refractivity (Wildman–Crippen MR) is 105 cm³/mol. The summed E-state index contributed by atoms with van der Waals surface area (Å²) in [7, 11) is -3.62. The van der Waals surface area contributed by atoms with Crippen LogP contribution in [-0.4, -0.2) is 48.0 Å². The van der Waals surface area contributed by atoms with Crippen molar-refractivity contribution >= 4 is 32.2 Å². The van der Waals surface area contributed by atoms with Crippen LogP contribution < -0.4 is 5.32 Å². The molecule has 1 aliphatic rings. The highest BCUT2D eigenvalue weighted by Gasteiger charge is 2.43. The monoisotopic (exact) mass is 409 g/mol. The molecule has 2 aromatic heterocycles. The Bertz CT molecular complexity index is 888. The van der Waals surface area contributed by atoms with Gasteiger partial charge in [-0.25, -0.2) is 13.4 Å². The lowest BCUT2D eigenvalue weighted by molar-refractivity contribution is -0.117. The van der Waals surface area contributed by atoms with Crippen molar-refractivity contribution in [1.29, 1.82) is 0 Å². The Labute approximate surface area is 163 Å². The van der Waals surface area contributed by atoms with Crippen molar-refractivity contribution < 1.29 is 17.9 Å². The number of thiazole rings is 1. The highest BCUT2D eigenvalue weighted by atomic mass is 32.2. The topological polar surface area (TPSA) is 98.3 Å². The zero-order chi connectivity index (χ0) is 19.5. The van der Waals surface area contributed by atoms with Crippen molar-refractivity contribution in [3.63, 3.8) is 0 Å². The highest BCUT2D eigenvalue weighted by Crippen LogP contribution is 2.28. The summed E-state index contributed by atoms with van der Waals surface area (Å²) in [6.07, 6.45) is 4.75. The number of anilines is 1. The molecule has 0 bridgehead atoms. The molecule has 3 heterocycles. The normalized spacial score (nSPS) is 16.2. The number of nitrogens with zero attached hydrogens (tertiary/aromatic N) is 2. The number of hydrogen-bond acceptors (Lipinski definition) is 7. The van der Waals surface area contributed by atoms with E-state index >= 15 is 0 Å². The third-order valence-corrected chi connectivity index (χ3v) is 8.23. The molecule has 0 atom stereocenters. The van der Waals surface area contributed by atoms with Gasteiger partial charge in [-0.15, -0.1) is 11.3 Å². The fourth-order valence-electron chi connectivity index (χ4n) is 2.81. The summed E-state index contributed by atoms with van der Waals surface area (Å²) in [4.78, 5) is 21.1. The van der Waals surface area contributed by atoms with Gasteiger partial charge in [-0.3, -0.25) is 9.78 Å². The summed E-state index contributed by atoms with van der Waals surface area (Å²) in [6, 6.07) is 3.64. The van der Waals surface area contributed by atoms with Crippen molar-refractivity contribution in [3.05, 3.63) is 29.9 Å². The lowest BCUT2D eigenvalue weighted by Crippen LogP contribution is -2.47. The van der Waals surface area contributed by atoms with E-state index in [4.69, 9.17) is 4.74 Å². The van der Waals surface area contributed by atoms with Gasteiger partial charge >= 0.3 is 0 Å². The standard InChI is InChI=1S/C18H23N3O4S2/c1-18(2,27(23,24)12-13-5-9-25-10-6-13)16(22)21-17-20-15(11-26-17)14-3-7-19-8-4-14/h3-4,7-8,11,13H,5-6,9-10,12H2,1-2H3,(H,20,21,22). The van der Waals surface area contributed by atoms with Crippen LogP contribution in [0.4, 0.5) is 5.13 Å². The van der Waals surface area contributed by atoms with E-state index in [0.717, 1.165) is 5.56 Å². The van der Waals surface area contributed by atoms with Gasteiger partial charge in [0.05, 0.1) is 11.4 Å². The minimum absolute atomic E-state index is 0.00306. The number of sulfone groups is 1. The lowest BCUT2D eigenvalue weighted by atomic mass is 10.0. The lowest BCUT2D eigenvalue weighted by Gasteiger charge is -2.28. The number of rotatable bonds is 6. The Morgan fingerprint density at radius 2 is 1.96 bits per heavy atom. The fraction of sp³-hybridized carbons (Fsp3) is 0.500. The average molecular weight is 410 g/mol. The number of carbonyl (C=O) groups excluding carboxylic acids is 1. The van der Waals surface area contributed by atoms with Gasteiger partial charge in [-0.05, 0) is 44.7 Å². The largest absolute Gasteiger partial charge is 0.381 e. The van der Waals surface area contributed by atoms with Crippen LogP contribution in [0.3, 0.4) is 0 Å². The van der Waals surface area contributed by atoms with Gasteiger partial charge in [0.1, 0.15) is 4.75 Å². The van der Waals surface area contributed by atoms with Crippen LogP contribution in [0.1, 0.15) is 26.7 Å². The molecule has 0 radical (unpaired) electrons. The fourth-order valence-corrected chi connectivity index (χ4v) is 5.23. The molecule has 1 aliphatic heterocycles. The first-order valence-corrected chi connectivity index (χ1v) is 11.3. The minimum atomic E-state index is -3.62. The maximum atomic E-state index is 12.9. The molecule has 0 aromatic carbocycles. The van der Waals surface area contributed by atoms with Gasteiger partial charge in [-0.1, -0.05) is 0 Å². The number of carbonyl (C=O) groups is 1. The van der Waals surface area contributed by atoms with Crippen LogP contribution in [0, 0.1) is 5.92 Å². The van der Waals surface area contributed by atoms with Crippen LogP contribution in [0.5, 0.6) is 0 Å². The van der Waals surface area contributed by atoms with Gasteiger partial charge in [0.2, 0.25) is 5.91 Å². The van der Waals surface area contributed by atoms with Crippen LogP contribution in [0.15, 0.2) is 29.9 Å². The highest BCUT2D eigenvalue weighted by molar-refractivity contribution is 7.93. The summed E-state index contributed by atoms with van der Waals surface area (Å²) in [5, 5.41) is 4.85. The maximum Gasteiger partial charge on any atom is 0.247 e. The van der Waals surface area contributed by atoms with Crippen molar-refractivity contribution in [3.8, 4) is 11.3 Å². The zero-order valence-corrected chi connectivity index (χ0v) is 17.0. The zero-order valence-electron chi connectivity index (χ0n) is 15.3. The third-order valence-electron chi connectivity index (χ3n) is 4.82. The van der Waals surface area contributed by atoms with Crippen molar-refractivity contribution in [2.45, 2.75) is 31.4 Å². The van der Waals surface area contributed by atoms with E-state index in [2.05, 4.69) is 15.3 Å². The van der Waals surface area contributed by atoms with Gasteiger partial charge in [-0.2, -0.15) is 0 Å². The Morgan fingerprint density at radius 3 is 2.63 bits per heavy atom. The number of ether oxygens (including phenoxy) is 1. The first-order valence-electron chi connectivity index (χ1n) is 8.77. The Morgan fingerprint density at radius 1 is 1.30 bits per heavy atom. The van der Waals surface area contributed by atoms with E-state index in [1.807, 2.05) is 17.5 Å². The Hall–Kier alpha value is -1.84. The molecule has 1 fully saturated rings. The van der Waals surface area contributed by atoms with Gasteiger partial charge in [0.15, 0.2) is 15.0 Å². The van der Waals surface area contributed by atoms with Crippen LogP contribution >= 0.6 is 11.3 Å². The molecule has 9 heteroatoms. The van der Waals surface area contributed by atoms with Crippen LogP contribution in [-0.2, 0) is 19.4 Å². The average Bonchev–Trinajstić information content (AvgIpc) is 3.11. The molecule has 1 saturated heterocycles. The molecular formula is C18H23N3O4S2. The molecule has 3 rings (SSSR count). The molecular weight excluding hydrogens is 386 g/mol. The van der Waals surface area contributed by atoms with E-state index in [1.165, 1.54) is 25.2 Å². The van der Waals surface area contributed by atoms with Crippen LogP contribution in [0.2, 0.25) is 0 Å². The summed E-state index contributed by atoms with van der Waals surface area (Å²) in [6.45, 7) is 4.05. The van der Waals surface area contributed by atoms with Crippen molar-refractivity contribution in [2.75, 3.05) is 24.3 Å². The minimum Gasteiger partial charge on any atom is -0.381 e. The number of aromatic nitrogens is 2. The van der Waals surface area contributed by atoms with Crippen molar-refractivity contribution in [1.82, 2.24) is 9.97 Å². The third kappa shape index (κ3) is 4.53. The number of nitrogens with one attached hydrogen (secondary N) is 1. The Kier molecular flexibility index (Phi) is 5.92. The molecule has 0 spiro atoms. The van der Waals surface area contributed by atoms with E-state index in [9.17, 15) is 13.2 Å². The molecule has 7 nitrogen and oxygen atoms in total. The summed E-state index contributed by atoms with van der Waals surface area (Å²) < 4.78 is 29.5. The molecule has 27 heavy (non-hydrogen) atoms. The first kappa shape index (κ1) is 19.9. The second kappa shape index (κ2) is 8.04. The number of pyridine rings is 1. The van der Waals surface area contributed by atoms with E-state index in [-0.39, 0.29) is 11.7 Å². The van der Waals surface area contributed by atoms with E-state index < -0.39 is 20.5 Å². The molecule has 146 valence electrons. The van der Waals surface area contributed by atoms with Gasteiger partial charge < -0.3 is 10.1 Å². The van der Waals surface area contributed by atoms with E-state index in [0.29, 0.717) is 36.9 Å². The number of amides is 1. The first-order chi connectivity index (χ1) is 12.8. The van der Waals surface area contributed by atoms with Gasteiger partial charge in [0.25, 0.3) is 0 Å². The molecule has 0 unspecified atom stereocenters. The summed E-state index contributed by atoms with van der Waals surface area (Å²) in [5.74, 6) is -0.532. The smallest absolute Gasteiger partial charge is 0.247 e. The molecule has 0 aliphatic carbocycles. The molecule has 2 aromatic rings. The Balaban J connectivity index is 1.69. The second-order valence-corrected chi connectivity index (χ2v) is 10.5. The SMILES string of the molecule is CC(C)(C(=O)Nc1nc(-c2ccncc2)cs1)S(=O)(=O)CC1CCOCC1. The quantitative estimate of drug-likeness (QED) is 0.788.